The van der Waals surface area contributed by atoms with Crippen LogP contribution in [0.5, 0.6) is 0 Å². The fourth-order valence-corrected chi connectivity index (χ4v) is 4.83. The van der Waals surface area contributed by atoms with Crippen LogP contribution in [0.25, 0.3) is 11.1 Å². The minimum atomic E-state index is -4.57. The predicted molar refractivity (Wildman–Crippen MR) is 133 cm³/mol. The average molecular weight is 541 g/mol. The highest BCUT2D eigenvalue weighted by atomic mass is 19.4. The van der Waals surface area contributed by atoms with Gasteiger partial charge in [0.2, 0.25) is 0 Å². The molecule has 4 aromatic carbocycles. The van der Waals surface area contributed by atoms with Crippen LogP contribution in [-0.4, -0.2) is 6.10 Å². The molecule has 0 unspecified atom stereocenters. The Morgan fingerprint density at radius 1 is 0.590 bits per heavy atom. The summed E-state index contributed by atoms with van der Waals surface area (Å²) in [4.78, 5) is 0. The van der Waals surface area contributed by atoms with Gasteiger partial charge in [0, 0.05) is 6.42 Å². The zero-order chi connectivity index (χ0) is 27.8. The highest BCUT2D eigenvalue weighted by molar-refractivity contribution is 5.63. The van der Waals surface area contributed by atoms with Gasteiger partial charge in [-0.25, -0.2) is 5.53 Å². The van der Waals surface area contributed by atoms with Gasteiger partial charge >= 0.3 is 12.4 Å². The van der Waals surface area contributed by atoms with Gasteiger partial charge in [0.15, 0.2) is 0 Å². The Hall–Kier alpha value is -3.98. The topological polar surface area (TPSA) is 48.7 Å². The van der Waals surface area contributed by atoms with E-state index in [0.717, 1.165) is 41.0 Å². The number of halogens is 6. The molecule has 0 amide bonds. The van der Waals surface area contributed by atoms with Crippen LogP contribution in [0.3, 0.4) is 0 Å². The third-order valence-corrected chi connectivity index (χ3v) is 7.00. The van der Waals surface area contributed by atoms with Crippen LogP contribution in [0.4, 0.5) is 26.3 Å². The van der Waals surface area contributed by atoms with Gasteiger partial charge in [-0.2, -0.15) is 31.5 Å². The summed E-state index contributed by atoms with van der Waals surface area (Å²) >= 11 is 0. The van der Waals surface area contributed by atoms with Crippen molar-refractivity contribution in [3.8, 4) is 11.1 Å². The van der Waals surface area contributed by atoms with E-state index in [-0.39, 0.29) is 23.7 Å². The summed E-state index contributed by atoms with van der Waals surface area (Å²) in [6.45, 7) is 0. The summed E-state index contributed by atoms with van der Waals surface area (Å²) in [5.74, 6) is 0. The number of benzene rings is 4. The summed E-state index contributed by atoms with van der Waals surface area (Å²) in [7, 11) is 0. The van der Waals surface area contributed by atoms with Gasteiger partial charge in [0.1, 0.15) is 11.6 Å². The molecule has 1 heterocycles. The van der Waals surface area contributed by atoms with Crippen LogP contribution >= 0.6 is 0 Å². The molecule has 1 saturated heterocycles. The zero-order valence-electron chi connectivity index (χ0n) is 20.3. The quantitative estimate of drug-likeness (QED) is 0.142. The molecule has 0 saturated carbocycles. The highest BCUT2D eigenvalue weighted by Crippen LogP contribution is 2.49. The molecule has 200 valence electrons. The molecule has 1 fully saturated rings. The molecule has 3 nitrogen and oxygen atoms in total. The maximum Gasteiger partial charge on any atom is 0.416 e. The Bertz CT molecular complexity index is 1370. The maximum absolute atomic E-state index is 13.2. The largest absolute Gasteiger partial charge is 0.416 e. The van der Waals surface area contributed by atoms with Crippen LogP contribution in [0.15, 0.2) is 108 Å². The Balaban J connectivity index is 1.45. The van der Waals surface area contributed by atoms with Gasteiger partial charge in [-0.05, 0) is 52.1 Å². The van der Waals surface area contributed by atoms with Crippen molar-refractivity contribution in [1.29, 1.82) is 5.53 Å². The van der Waals surface area contributed by atoms with Crippen LogP contribution in [0.1, 0.15) is 40.3 Å². The standard InChI is InChI=1S/C30H22F6N2O/c31-29(32,33)24-14-10-22(11-15-24)28(38-37,23-12-16-25(17-13-23)30(34,35)36)18-26-27(39-26)21-8-6-20(7-9-21)19-4-2-1-3-5-19/h1-17,26-27,37H,18H2/t26-,27+/m0/s1. The van der Waals surface area contributed by atoms with Gasteiger partial charge in [0.05, 0.1) is 17.2 Å². The molecule has 9 heteroatoms. The van der Waals surface area contributed by atoms with Crippen molar-refractivity contribution in [3.63, 3.8) is 0 Å². The minimum absolute atomic E-state index is 0.0539. The van der Waals surface area contributed by atoms with E-state index >= 15 is 0 Å². The number of ether oxygens (including phenoxy) is 1. The van der Waals surface area contributed by atoms with Gasteiger partial charge in [-0.15, -0.1) is 0 Å². The lowest BCUT2D eigenvalue weighted by Crippen LogP contribution is -2.27. The van der Waals surface area contributed by atoms with Gasteiger partial charge in [-0.3, -0.25) is 0 Å². The third-order valence-electron chi connectivity index (χ3n) is 7.00. The lowest BCUT2D eigenvalue weighted by molar-refractivity contribution is -0.138. The Morgan fingerprint density at radius 3 is 1.46 bits per heavy atom. The second kappa shape index (κ2) is 9.96. The van der Waals surface area contributed by atoms with Crippen molar-refractivity contribution >= 4 is 0 Å². The molecule has 1 aliphatic heterocycles. The molecule has 0 aliphatic carbocycles. The number of hydrogen-bond donors (Lipinski definition) is 1. The molecule has 5 rings (SSSR count). The Kier molecular flexibility index (Phi) is 6.80. The zero-order valence-corrected chi connectivity index (χ0v) is 20.3. The summed E-state index contributed by atoms with van der Waals surface area (Å²) in [6.07, 6.45) is -9.88. The SMILES string of the molecule is N=NC(C[C@@H]1O[C@@H]1c1ccc(-c2ccccc2)cc1)(c1ccc(C(F)(F)F)cc1)c1ccc(C(F)(F)F)cc1. The minimum Gasteiger partial charge on any atom is -0.364 e. The average Bonchev–Trinajstić information content (AvgIpc) is 3.70. The van der Waals surface area contributed by atoms with E-state index in [1.165, 1.54) is 24.3 Å². The first kappa shape index (κ1) is 26.6. The summed E-state index contributed by atoms with van der Waals surface area (Å²) < 4.78 is 85.0. The normalized spacial score (nSPS) is 17.6. The predicted octanol–water partition coefficient (Wildman–Crippen LogP) is 9.20. The van der Waals surface area contributed by atoms with Crippen molar-refractivity contribution in [1.82, 2.24) is 0 Å². The van der Waals surface area contributed by atoms with Crippen molar-refractivity contribution in [2.24, 2.45) is 5.11 Å². The fraction of sp³-hybridized carbons (Fsp3) is 0.200. The van der Waals surface area contributed by atoms with Crippen molar-refractivity contribution in [3.05, 3.63) is 131 Å². The Morgan fingerprint density at radius 2 is 1.03 bits per heavy atom. The number of nitrogens with zero attached hydrogens (tertiary/aromatic N) is 1. The molecule has 0 aromatic heterocycles. The van der Waals surface area contributed by atoms with Crippen molar-refractivity contribution in [2.45, 2.75) is 36.5 Å². The van der Waals surface area contributed by atoms with Crippen LogP contribution in [0.2, 0.25) is 0 Å². The molecule has 0 radical (unpaired) electrons. The molecule has 0 spiro atoms. The van der Waals surface area contributed by atoms with E-state index in [2.05, 4.69) is 5.11 Å². The van der Waals surface area contributed by atoms with Crippen molar-refractivity contribution < 1.29 is 31.1 Å². The van der Waals surface area contributed by atoms with E-state index in [1.54, 1.807) is 0 Å². The lowest BCUT2D eigenvalue weighted by Gasteiger charge is -2.29. The monoisotopic (exact) mass is 540 g/mol. The second-order valence-corrected chi connectivity index (χ2v) is 9.41. The van der Waals surface area contributed by atoms with E-state index in [4.69, 9.17) is 10.3 Å². The van der Waals surface area contributed by atoms with E-state index in [9.17, 15) is 26.3 Å². The fourth-order valence-electron chi connectivity index (χ4n) is 4.83. The molecule has 2 atom stereocenters. The highest BCUT2D eigenvalue weighted by Gasteiger charge is 2.48. The Labute approximate surface area is 220 Å². The van der Waals surface area contributed by atoms with Gasteiger partial charge in [-0.1, -0.05) is 78.9 Å². The molecular weight excluding hydrogens is 518 g/mol. The molecule has 1 aliphatic rings. The number of hydrogen-bond acceptors (Lipinski definition) is 3. The smallest absolute Gasteiger partial charge is 0.364 e. The number of rotatable bonds is 7. The van der Waals surface area contributed by atoms with E-state index in [0.29, 0.717) is 0 Å². The van der Waals surface area contributed by atoms with E-state index < -0.39 is 35.1 Å². The molecule has 0 bridgehead atoms. The first-order valence-corrected chi connectivity index (χ1v) is 12.1. The molecular formula is C30H22F6N2O. The summed E-state index contributed by atoms with van der Waals surface area (Å²) in [5.41, 5.74) is 8.21. The number of alkyl halides is 6. The summed E-state index contributed by atoms with van der Waals surface area (Å²) in [6, 6.07) is 25.9. The maximum atomic E-state index is 13.2. The summed E-state index contributed by atoms with van der Waals surface area (Å²) in [5, 5.41) is 3.81. The van der Waals surface area contributed by atoms with E-state index in [1.807, 2.05) is 54.6 Å². The van der Waals surface area contributed by atoms with Gasteiger partial charge < -0.3 is 4.74 Å². The van der Waals surface area contributed by atoms with Crippen LogP contribution in [-0.2, 0) is 22.6 Å². The molecule has 1 N–H and O–H groups in total. The van der Waals surface area contributed by atoms with Crippen LogP contribution in [0, 0.1) is 5.53 Å². The molecule has 39 heavy (non-hydrogen) atoms. The lowest BCUT2D eigenvalue weighted by atomic mass is 9.78. The second-order valence-electron chi connectivity index (χ2n) is 9.41. The third kappa shape index (κ3) is 5.45. The first-order chi connectivity index (χ1) is 18.5. The number of nitrogens with one attached hydrogen (secondary N) is 1. The number of epoxide rings is 1. The van der Waals surface area contributed by atoms with Crippen LogP contribution < -0.4 is 0 Å². The van der Waals surface area contributed by atoms with Crippen molar-refractivity contribution in [2.75, 3.05) is 0 Å². The molecule has 4 aromatic rings. The first-order valence-electron chi connectivity index (χ1n) is 12.1. The van der Waals surface area contributed by atoms with Gasteiger partial charge in [0.25, 0.3) is 0 Å².